The zero-order chi connectivity index (χ0) is 16.1. The van der Waals surface area contributed by atoms with Gasteiger partial charge < -0.3 is 4.74 Å². The first-order valence-electron chi connectivity index (χ1n) is 6.09. The summed E-state index contributed by atoms with van der Waals surface area (Å²) in [5.74, 6) is -0.181. The summed E-state index contributed by atoms with van der Waals surface area (Å²) in [4.78, 5) is 22.6. The standard InChI is InChI=1S/C16H9Br3O3/c17-12-4-1-10(2-5-12)3-6-15(21)22-16-13(18)7-11(9-20)8-14(16)19/h1-9H/b6-3+. The first-order valence-corrected chi connectivity index (χ1v) is 8.47. The Bertz CT molecular complexity index is 714. The summed E-state index contributed by atoms with van der Waals surface area (Å²) in [5, 5.41) is 0. The quantitative estimate of drug-likeness (QED) is 0.250. The van der Waals surface area contributed by atoms with Crippen molar-refractivity contribution in [3.05, 3.63) is 67.0 Å². The van der Waals surface area contributed by atoms with E-state index >= 15 is 0 Å². The summed E-state index contributed by atoms with van der Waals surface area (Å²) in [6, 6.07) is 10.7. The van der Waals surface area contributed by atoms with Crippen LogP contribution in [0.2, 0.25) is 0 Å². The number of carbonyl (C=O) groups is 2. The third kappa shape index (κ3) is 4.63. The Balaban J connectivity index is 2.12. The molecule has 0 aromatic heterocycles. The van der Waals surface area contributed by atoms with Gasteiger partial charge in [0, 0.05) is 16.1 Å². The molecule has 2 rings (SSSR count). The molecule has 0 saturated heterocycles. The fourth-order valence-corrected chi connectivity index (χ4v) is 3.27. The SMILES string of the molecule is O=Cc1cc(Br)c(OC(=O)/C=C/c2ccc(Br)cc2)c(Br)c1. The Morgan fingerprint density at radius 1 is 0.955 bits per heavy atom. The summed E-state index contributed by atoms with van der Waals surface area (Å²) in [6.45, 7) is 0. The molecule has 0 aliphatic rings. The average molecular weight is 489 g/mol. The van der Waals surface area contributed by atoms with Crippen molar-refractivity contribution in [1.29, 1.82) is 0 Å². The van der Waals surface area contributed by atoms with Gasteiger partial charge in [0.2, 0.25) is 0 Å². The summed E-state index contributed by atoms with van der Waals surface area (Å²) in [7, 11) is 0. The van der Waals surface area contributed by atoms with Gasteiger partial charge in [0.05, 0.1) is 8.95 Å². The number of hydrogen-bond acceptors (Lipinski definition) is 3. The minimum absolute atomic E-state index is 0.330. The Kier molecular flexibility index (Phi) is 6.11. The molecule has 0 atom stereocenters. The van der Waals surface area contributed by atoms with Gasteiger partial charge in [0.15, 0.2) is 5.75 Å². The van der Waals surface area contributed by atoms with E-state index in [1.54, 1.807) is 18.2 Å². The van der Waals surface area contributed by atoms with Crippen molar-refractivity contribution in [2.45, 2.75) is 0 Å². The van der Waals surface area contributed by atoms with Gasteiger partial charge >= 0.3 is 5.97 Å². The van der Waals surface area contributed by atoms with Crippen molar-refractivity contribution in [2.24, 2.45) is 0 Å². The van der Waals surface area contributed by atoms with Crippen LogP contribution in [0.5, 0.6) is 5.75 Å². The molecule has 6 heteroatoms. The van der Waals surface area contributed by atoms with Crippen LogP contribution in [-0.4, -0.2) is 12.3 Å². The molecule has 0 aliphatic heterocycles. The number of rotatable bonds is 4. The van der Waals surface area contributed by atoms with Gasteiger partial charge in [0.1, 0.15) is 6.29 Å². The molecule has 0 unspecified atom stereocenters. The molecule has 3 nitrogen and oxygen atoms in total. The van der Waals surface area contributed by atoms with Crippen LogP contribution < -0.4 is 4.74 Å². The average Bonchev–Trinajstić information content (AvgIpc) is 2.50. The van der Waals surface area contributed by atoms with Crippen LogP contribution >= 0.6 is 47.8 Å². The molecule has 0 heterocycles. The molecule has 0 amide bonds. The number of hydrogen-bond donors (Lipinski definition) is 0. The lowest BCUT2D eigenvalue weighted by Crippen LogP contribution is -2.05. The maximum absolute atomic E-state index is 11.9. The molecule has 2 aromatic carbocycles. The molecule has 112 valence electrons. The van der Waals surface area contributed by atoms with E-state index in [-0.39, 0.29) is 0 Å². The maximum atomic E-state index is 11.9. The first-order chi connectivity index (χ1) is 10.5. The predicted molar refractivity (Wildman–Crippen MR) is 96.0 cm³/mol. The first kappa shape index (κ1) is 17.1. The molecule has 0 radical (unpaired) electrons. The van der Waals surface area contributed by atoms with E-state index in [0.29, 0.717) is 26.5 Å². The molecular formula is C16H9Br3O3. The van der Waals surface area contributed by atoms with Crippen LogP contribution in [0.4, 0.5) is 0 Å². The summed E-state index contributed by atoms with van der Waals surface area (Å²) < 4.78 is 7.29. The molecule has 0 N–H and O–H groups in total. The minimum atomic E-state index is -0.511. The van der Waals surface area contributed by atoms with Crippen molar-refractivity contribution in [1.82, 2.24) is 0 Å². The molecule has 0 bridgehead atoms. The normalized spacial score (nSPS) is 10.7. The molecule has 0 spiro atoms. The van der Waals surface area contributed by atoms with Crippen LogP contribution in [-0.2, 0) is 4.79 Å². The van der Waals surface area contributed by atoms with E-state index in [2.05, 4.69) is 47.8 Å². The fraction of sp³-hybridized carbons (Fsp3) is 0. The molecule has 2 aromatic rings. The van der Waals surface area contributed by atoms with E-state index < -0.39 is 5.97 Å². The van der Waals surface area contributed by atoms with Crippen molar-refractivity contribution in [2.75, 3.05) is 0 Å². The highest BCUT2D eigenvalue weighted by molar-refractivity contribution is 9.11. The summed E-state index contributed by atoms with van der Waals surface area (Å²) in [6.07, 6.45) is 3.72. The fourth-order valence-electron chi connectivity index (χ4n) is 1.62. The third-order valence-corrected chi connectivity index (χ3v) is 4.35. The third-order valence-electron chi connectivity index (χ3n) is 2.64. The number of ether oxygens (including phenoxy) is 1. The van der Waals surface area contributed by atoms with E-state index in [4.69, 9.17) is 4.74 Å². The number of carbonyl (C=O) groups excluding carboxylic acids is 2. The van der Waals surface area contributed by atoms with Crippen LogP contribution in [0.15, 0.2) is 55.9 Å². The lowest BCUT2D eigenvalue weighted by molar-refractivity contribution is -0.129. The number of aldehydes is 1. The highest BCUT2D eigenvalue weighted by atomic mass is 79.9. The van der Waals surface area contributed by atoms with E-state index in [1.165, 1.54) is 6.08 Å². The Labute approximate surface area is 152 Å². The zero-order valence-electron chi connectivity index (χ0n) is 11.1. The van der Waals surface area contributed by atoms with Gasteiger partial charge in [0.25, 0.3) is 0 Å². The topological polar surface area (TPSA) is 43.4 Å². The number of halogens is 3. The van der Waals surface area contributed by atoms with Crippen molar-refractivity contribution in [3.63, 3.8) is 0 Å². The van der Waals surface area contributed by atoms with Crippen molar-refractivity contribution >= 4 is 66.1 Å². The van der Waals surface area contributed by atoms with Gasteiger partial charge in [-0.05, 0) is 67.8 Å². The minimum Gasteiger partial charge on any atom is -0.421 e. The number of benzene rings is 2. The molecular weight excluding hydrogens is 480 g/mol. The van der Waals surface area contributed by atoms with Gasteiger partial charge in [-0.1, -0.05) is 28.1 Å². The highest BCUT2D eigenvalue weighted by Gasteiger charge is 2.11. The lowest BCUT2D eigenvalue weighted by atomic mass is 10.2. The summed E-state index contributed by atoms with van der Waals surface area (Å²) >= 11 is 9.90. The van der Waals surface area contributed by atoms with Crippen molar-refractivity contribution in [3.8, 4) is 5.75 Å². The molecule has 0 saturated carbocycles. The van der Waals surface area contributed by atoms with Gasteiger partial charge in [-0.3, -0.25) is 4.79 Å². The Morgan fingerprint density at radius 3 is 2.09 bits per heavy atom. The Hall–Kier alpha value is -1.24. The smallest absolute Gasteiger partial charge is 0.336 e. The second-order valence-electron chi connectivity index (χ2n) is 4.24. The van der Waals surface area contributed by atoms with Gasteiger partial charge in [-0.15, -0.1) is 0 Å². The largest absolute Gasteiger partial charge is 0.421 e. The maximum Gasteiger partial charge on any atom is 0.336 e. The molecule has 22 heavy (non-hydrogen) atoms. The van der Waals surface area contributed by atoms with Crippen LogP contribution in [0, 0.1) is 0 Å². The van der Waals surface area contributed by atoms with E-state index in [9.17, 15) is 9.59 Å². The molecule has 0 aliphatic carbocycles. The Morgan fingerprint density at radius 2 is 1.55 bits per heavy atom. The monoisotopic (exact) mass is 486 g/mol. The van der Waals surface area contributed by atoms with Crippen LogP contribution in [0.3, 0.4) is 0 Å². The van der Waals surface area contributed by atoms with Gasteiger partial charge in [-0.25, -0.2) is 4.79 Å². The zero-order valence-corrected chi connectivity index (χ0v) is 15.8. The van der Waals surface area contributed by atoms with Gasteiger partial charge in [-0.2, -0.15) is 0 Å². The molecule has 0 fully saturated rings. The number of esters is 1. The highest BCUT2D eigenvalue weighted by Crippen LogP contribution is 2.34. The second kappa shape index (κ2) is 7.85. The van der Waals surface area contributed by atoms with Crippen molar-refractivity contribution < 1.29 is 14.3 Å². The lowest BCUT2D eigenvalue weighted by Gasteiger charge is -2.07. The van der Waals surface area contributed by atoms with E-state index in [0.717, 1.165) is 10.0 Å². The van der Waals surface area contributed by atoms with Crippen LogP contribution in [0.25, 0.3) is 6.08 Å². The summed E-state index contributed by atoms with van der Waals surface area (Å²) in [5.41, 5.74) is 1.36. The predicted octanol–water partition coefficient (Wildman–Crippen LogP) is 5.41. The second-order valence-corrected chi connectivity index (χ2v) is 6.86. The van der Waals surface area contributed by atoms with Crippen LogP contribution in [0.1, 0.15) is 15.9 Å². The van der Waals surface area contributed by atoms with E-state index in [1.807, 2.05) is 24.3 Å².